The summed E-state index contributed by atoms with van der Waals surface area (Å²) >= 11 is 0. The Morgan fingerprint density at radius 2 is 1.82 bits per heavy atom. The summed E-state index contributed by atoms with van der Waals surface area (Å²) in [4.78, 5) is 33.5. The van der Waals surface area contributed by atoms with Gasteiger partial charge in [0.2, 0.25) is 5.95 Å². The molecule has 4 rings (SSSR count). The first-order chi connectivity index (χ1) is 13.6. The molecule has 1 amide bonds. The van der Waals surface area contributed by atoms with Gasteiger partial charge in [0.15, 0.2) is 5.78 Å². The molecular weight excluding hydrogens is 354 g/mol. The van der Waals surface area contributed by atoms with Crippen molar-refractivity contribution in [3.8, 4) is 5.75 Å². The number of amides is 1. The van der Waals surface area contributed by atoms with Gasteiger partial charge >= 0.3 is 0 Å². The number of carbonyl (C=O) groups excluding carboxylic acids is 2. The largest absolute Gasteiger partial charge is 0.497 e. The lowest BCUT2D eigenvalue weighted by Crippen LogP contribution is -2.22. The van der Waals surface area contributed by atoms with Crippen molar-refractivity contribution < 1.29 is 14.3 Å². The van der Waals surface area contributed by atoms with E-state index in [0.29, 0.717) is 29.7 Å². The highest BCUT2D eigenvalue weighted by atomic mass is 16.5. The molecule has 1 atom stereocenters. The highest BCUT2D eigenvalue weighted by Gasteiger charge is 2.28. The monoisotopic (exact) mass is 373 g/mol. The summed E-state index contributed by atoms with van der Waals surface area (Å²) < 4.78 is 5.20. The van der Waals surface area contributed by atoms with Crippen LogP contribution in [0.25, 0.3) is 0 Å². The van der Waals surface area contributed by atoms with E-state index in [2.05, 4.69) is 15.3 Å². The van der Waals surface area contributed by atoms with Crippen LogP contribution in [0.5, 0.6) is 5.75 Å². The Hall–Kier alpha value is -3.54. The predicted molar refractivity (Wildman–Crippen MR) is 105 cm³/mol. The van der Waals surface area contributed by atoms with Gasteiger partial charge in [0.05, 0.1) is 18.4 Å². The van der Waals surface area contributed by atoms with E-state index in [4.69, 9.17) is 4.74 Å². The van der Waals surface area contributed by atoms with Gasteiger partial charge in [0, 0.05) is 18.2 Å². The SMILES string of the molecule is COc1ccc([C@@H]2CC(=O)c3cnc(NC(=O)c4ccccc4)nc3C2)cc1. The molecule has 2 aromatic carbocycles. The van der Waals surface area contributed by atoms with Gasteiger partial charge in [0.25, 0.3) is 5.91 Å². The van der Waals surface area contributed by atoms with Crippen LogP contribution in [0.1, 0.15) is 44.3 Å². The lowest BCUT2D eigenvalue weighted by atomic mass is 9.82. The Labute approximate surface area is 162 Å². The topological polar surface area (TPSA) is 81.2 Å². The lowest BCUT2D eigenvalue weighted by molar-refractivity contribution is 0.0962. The molecule has 1 aliphatic carbocycles. The van der Waals surface area contributed by atoms with E-state index < -0.39 is 0 Å². The van der Waals surface area contributed by atoms with Gasteiger partial charge in [-0.2, -0.15) is 0 Å². The number of carbonyl (C=O) groups is 2. The van der Waals surface area contributed by atoms with Crippen molar-refractivity contribution in [2.75, 3.05) is 12.4 Å². The van der Waals surface area contributed by atoms with Crippen LogP contribution >= 0.6 is 0 Å². The van der Waals surface area contributed by atoms with E-state index in [9.17, 15) is 9.59 Å². The summed E-state index contributed by atoms with van der Waals surface area (Å²) in [5.74, 6) is 0.756. The third-order valence-corrected chi connectivity index (χ3v) is 4.89. The lowest BCUT2D eigenvalue weighted by Gasteiger charge is -2.23. The maximum Gasteiger partial charge on any atom is 0.258 e. The molecule has 28 heavy (non-hydrogen) atoms. The smallest absolute Gasteiger partial charge is 0.258 e. The summed E-state index contributed by atoms with van der Waals surface area (Å²) in [6.07, 6.45) is 2.54. The van der Waals surface area contributed by atoms with Crippen molar-refractivity contribution in [2.45, 2.75) is 18.8 Å². The second-order valence-electron chi connectivity index (χ2n) is 6.68. The maximum absolute atomic E-state index is 12.6. The fourth-order valence-electron chi connectivity index (χ4n) is 3.38. The fourth-order valence-corrected chi connectivity index (χ4v) is 3.38. The zero-order valence-corrected chi connectivity index (χ0v) is 15.4. The highest BCUT2D eigenvalue weighted by molar-refractivity contribution is 6.03. The molecule has 0 fully saturated rings. The first-order valence-electron chi connectivity index (χ1n) is 9.03. The number of nitrogens with one attached hydrogen (secondary N) is 1. The highest BCUT2D eigenvalue weighted by Crippen LogP contribution is 2.32. The van der Waals surface area contributed by atoms with E-state index in [1.807, 2.05) is 30.3 Å². The van der Waals surface area contributed by atoms with Gasteiger partial charge in [-0.15, -0.1) is 0 Å². The number of methoxy groups -OCH3 is 1. The Bertz CT molecular complexity index is 1020. The quantitative estimate of drug-likeness (QED) is 0.755. The third-order valence-electron chi connectivity index (χ3n) is 4.89. The number of rotatable bonds is 4. The Balaban J connectivity index is 1.56. The normalized spacial score (nSPS) is 15.6. The molecule has 0 unspecified atom stereocenters. The molecule has 0 spiro atoms. The van der Waals surface area contributed by atoms with Crippen molar-refractivity contribution in [3.63, 3.8) is 0 Å². The number of ether oxygens (including phenoxy) is 1. The van der Waals surface area contributed by atoms with Crippen LogP contribution in [0.3, 0.4) is 0 Å². The molecule has 0 bridgehead atoms. The number of benzene rings is 2. The molecule has 140 valence electrons. The molecular formula is C22H19N3O3. The van der Waals surface area contributed by atoms with Crippen LogP contribution in [-0.2, 0) is 6.42 Å². The number of aromatic nitrogens is 2. The summed E-state index contributed by atoms with van der Waals surface area (Å²) in [6.45, 7) is 0. The molecule has 1 N–H and O–H groups in total. The molecule has 3 aromatic rings. The molecule has 1 aromatic heterocycles. The number of hydrogen-bond acceptors (Lipinski definition) is 5. The van der Waals surface area contributed by atoms with E-state index in [1.165, 1.54) is 6.20 Å². The van der Waals surface area contributed by atoms with Gasteiger partial charge in [-0.05, 0) is 42.2 Å². The maximum atomic E-state index is 12.6. The van der Waals surface area contributed by atoms with Gasteiger partial charge in [0.1, 0.15) is 5.75 Å². The predicted octanol–water partition coefficient (Wildman–Crippen LogP) is 3.65. The van der Waals surface area contributed by atoms with E-state index >= 15 is 0 Å². The van der Waals surface area contributed by atoms with Gasteiger partial charge in [-0.1, -0.05) is 30.3 Å². The zero-order valence-electron chi connectivity index (χ0n) is 15.4. The molecule has 0 saturated carbocycles. The Morgan fingerprint density at radius 3 is 2.54 bits per heavy atom. The molecule has 6 nitrogen and oxygen atoms in total. The number of ketones is 1. The number of Topliss-reactive ketones (excluding diaryl/α,β-unsaturated/α-hetero) is 1. The molecule has 6 heteroatoms. The van der Waals surface area contributed by atoms with Crippen LogP contribution in [0.2, 0.25) is 0 Å². The van der Waals surface area contributed by atoms with E-state index in [0.717, 1.165) is 11.3 Å². The molecule has 1 aliphatic rings. The second-order valence-corrected chi connectivity index (χ2v) is 6.68. The number of fused-ring (bicyclic) bond motifs is 1. The minimum atomic E-state index is -0.283. The van der Waals surface area contributed by atoms with Gasteiger partial charge in [-0.3, -0.25) is 14.9 Å². The standard InChI is InChI=1S/C22H19N3O3/c1-28-17-9-7-14(8-10-17)16-11-19-18(20(26)12-16)13-23-22(24-19)25-21(27)15-5-3-2-4-6-15/h2-10,13,16H,11-12H2,1H3,(H,23,24,25,27)/t16-/m0/s1. The zero-order chi connectivity index (χ0) is 19.5. The minimum absolute atomic E-state index is 0.0167. The van der Waals surface area contributed by atoms with Crippen molar-refractivity contribution >= 4 is 17.6 Å². The number of hydrogen-bond donors (Lipinski definition) is 1. The molecule has 0 radical (unpaired) electrons. The van der Waals surface area contributed by atoms with Crippen LogP contribution in [0.4, 0.5) is 5.95 Å². The van der Waals surface area contributed by atoms with Crippen LogP contribution < -0.4 is 10.1 Å². The summed E-state index contributed by atoms with van der Waals surface area (Å²) in [6, 6.07) is 16.6. The summed E-state index contributed by atoms with van der Waals surface area (Å²) in [5, 5.41) is 2.70. The first-order valence-corrected chi connectivity index (χ1v) is 9.03. The average Bonchev–Trinajstić information content (AvgIpc) is 2.74. The van der Waals surface area contributed by atoms with Crippen molar-refractivity contribution in [3.05, 3.63) is 83.2 Å². The van der Waals surface area contributed by atoms with Crippen LogP contribution in [0, 0.1) is 0 Å². The number of anilines is 1. The van der Waals surface area contributed by atoms with Crippen molar-refractivity contribution in [2.24, 2.45) is 0 Å². The Morgan fingerprint density at radius 1 is 1.07 bits per heavy atom. The number of nitrogens with zero attached hydrogens (tertiary/aromatic N) is 2. The van der Waals surface area contributed by atoms with Crippen molar-refractivity contribution in [1.29, 1.82) is 0 Å². The summed E-state index contributed by atoms with van der Waals surface area (Å²) in [7, 11) is 1.62. The van der Waals surface area contributed by atoms with E-state index in [-0.39, 0.29) is 23.6 Å². The third kappa shape index (κ3) is 3.62. The average molecular weight is 373 g/mol. The van der Waals surface area contributed by atoms with E-state index in [1.54, 1.807) is 31.4 Å². The Kier molecular flexibility index (Phi) is 4.85. The second kappa shape index (κ2) is 7.60. The minimum Gasteiger partial charge on any atom is -0.497 e. The van der Waals surface area contributed by atoms with Crippen LogP contribution in [0.15, 0.2) is 60.8 Å². The van der Waals surface area contributed by atoms with Crippen molar-refractivity contribution in [1.82, 2.24) is 9.97 Å². The fraction of sp³-hybridized carbons (Fsp3) is 0.182. The molecule has 0 aliphatic heterocycles. The molecule has 1 heterocycles. The first kappa shape index (κ1) is 17.9. The van der Waals surface area contributed by atoms with Gasteiger partial charge in [-0.25, -0.2) is 9.97 Å². The summed E-state index contributed by atoms with van der Waals surface area (Å²) in [5.41, 5.74) is 2.78. The van der Waals surface area contributed by atoms with Crippen LogP contribution in [-0.4, -0.2) is 28.8 Å². The van der Waals surface area contributed by atoms with Gasteiger partial charge < -0.3 is 4.74 Å². The molecule has 0 saturated heterocycles.